The number of hydrogen-bond acceptors (Lipinski definition) is 3. The lowest BCUT2D eigenvalue weighted by Crippen LogP contribution is -2.26. The van der Waals surface area contributed by atoms with Crippen molar-refractivity contribution >= 4 is 11.6 Å². The maximum atomic E-state index is 11.9. The molecule has 2 rings (SSSR count). The SMILES string of the molecule is CCc1ccc(CNc2cccc(C(=O)NCCO)c2)cc1. The minimum atomic E-state index is -0.176. The molecule has 0 saturated carbocycles. The quantitative estimate of drug-likeness (QED) is 0.736. The number of aliphatic hydroxyl groups excluding tert-OH is 1. The number of anilines is 1. The van der Waals surface area contributed by atoms with Crippen LogP contribution in [0.25, 0.3) is 0 Å². The highest BCUT2D eigenvalue weighted by atomic mass is 16.3. The van der Waals surface area contributed by atoms with E-state index in [1.807, 2.05) is 18.2 Å². The second-order valence-corrected chi connectivity index (χ2v) is 5.08. The number of rotatable bonds is 7. The number of aryl methyl sites for hydroxylation is 1. The van der Waals surface area contributed by atoms with E-state index in [4.69, 9.17) is 5.11 Å². The van der Waals surface area contributed by atoms with E-state index in [9.17, 15) is 4.79 Å². The number of carbonyl (C=O) groups excluding carboxylic acids is 1. The fourth-order valence-electron chi connectivity index (χ4n) is 2.14. The number of benzene rings is 2. The van der Waals surface area contributed by atoms with Crippen LogP contribution in [0.15, 0.2) is 48.5 Å². The molecule has 3 N–H and O–H groups in total. The third-order valence-corrected chi connectivity index (χ3v) is 3.45. The highest BCUT2D eigenvalue weighted by Crippen LogP contribution is 2.13. The lowest BCUT2D eigenvalue weighted by Gasteiger charge is -2.09. The number of carbonyl (C=O) groups is 1. The van der Waals surface area contributed by atoms with E-state index in [-0.39, 0.29) is 19.1 Å². The molecular weight excluding hydrogens is 276 g/mol. The largest absolute Gasteiger partial charge is 0.395 e. The van der Waals surface area contributed by atoms with Crippen LogP contribution < -0.4 is 10.6 Å². The van der Waals surface area contributed by atoms with Crippen molar-refractivity contribution in [2.45, 2.75) is 19.9 Å². The monoisotopic (exact) mass is 298 g/mol. The average Bonchev–Trinajstić information content (AvgIpc) is 2.58. The molecule has 0 aromatic heterocycles. The van der Waals surface area contributed by atoms with Gasteiger partial charge in [-0.1, -0.05) is 37.3 Å². The van der Waals surface area contributed by atoms with Crippen LogP contribution >= 0.6 is 0 Å². The Morgan fingerprint density at radius 2 is 1.82 bits per heavy atom. The molecule has 0 spiro atoms. The van der Waals surface area contributed by atoms with Crippen molar-refractivity contribution in [2.24, 2.45) is 0 Å². The van der Waals surface area contributed by atoms with Gasteiger partial charge in [-0.3, -0.25) is 4.79 Å². The number of hydrogen-bond donors (Lipinski definition) is 3. The summed E-state index contributed by atoms with van der Waals surface area (Å²) >= 11 is 0. The number of aliphatic hydroxyl groups is 1. The Morgan fingerprint density at radius 3 is 2.50 bits per heavy atom. The molecule has 1 amide bonds. The number of amides is 1. The van der Waals surface area contributed by atoms with Crippen LogP contribution in [0.5, 0.6) is 0 Å². The summed E-state index contributed by atoms with van der Waals surface area (Å²) < 4.78 is 0. The van der Waals surface area contributed by atoms with Gasteiger partial charge in [0.25, 0.3) is 5.91 Å². The molecule has 0 saturated heterocycles. The zero-order chi connectivity index (χ0) is 15.8. The first-order chi connectivity index (χ1) is 10.7. The minimum absolute atomic E-state index is 0.0581. The predicted molar refractivity (Wildman–Crippen MR) is 89.0 cm³/mol. The van der Waals surface area contributed by atoms with Gasteiger partial charge in [0, 0.05) is 24.3 Å². The van der Waals surface area contributed by atoms with Crippen LogP contribution in [0.1, 0.15) is 28.4 Å². The molecule has 0 aliphatic heterocycles. The first-order valence-corrected chi connectivity index (χ1v) is 7.53. The van der Waals surface area contributed by atoms with Crippen LogP contribution in [-0.2, 0) is 13.0 Å². The van der Waals surface area contributed by atoms with E-state index in [1.165, 1.54) is 11.1 Å². The molecule has 0 heterocycles. The maximum absolute atomic E-state index is 11.9. The first-order valence-electron chi connectivity index (χ1n) is 7.53. The molecule has 116 valence electrons. The highest BCUT2D eigenvalue weighted by Gasteiger charge is 2.05. The summed E-state index contributed by atoms with van der Waals surface area (Å²) in [5.41, 5.74) is 4.01. The average molecular weight is 298 g/mol. The van der Waals surface area contributed by atoms with Crippen molar-refractivity contribution in [3.05, 3.63) is 65.2 Å². The Kier molecular flexibility index (Phi) is 5.98. The van der Waals surface area contributed by atoms with Crippen LogP contribution in [-0.4, -0.2) is 24.2 Å². The van der Waals surface area contributed by atoms with Gasteiger partial charge in [0.1, 0.15) is 0 Å². The minimum Gasteiger partial charge on any atom is -0.395 e. The molecule has 4 heteroatoms. The van der Waals surface area contributed by atoms with Gasteiger partial charge in [0.15, 0.2) is 0 Å². The van der Waals surface area contributed by atoms with Crippen molar-refractivity contribution in [3.63, 3.8) is 0 Å². The number of nitrogens with one attached hydrogen (secondary N) is 2. The fourth-order valence-corrected chi connectivity index (χ4v) is 2.14. The predicted octanol–water partition coefficient (Wildman–Crippen LogP) is 2.58. The van der Waals surface area contributed by atoms with Crippen molar-refractivity contribution in [2.75, 3.05) is 18.5 Å². The first kappa shape index (κ1) is 16.0. The van der Waals surface area contributed by atoms with Gasteiger partial charge in [-0.05, 0) is 35.7 Å². The Hall–Kier alpha value is -2.33. The van der Waals surface area contributed by atoms with Crippen molar-refractivity contribution in [3.8, 4) is 0 Å². The molecule has 2 aromatic rings. The van der Waals surface area contributed by atoms with Crippen molar-refractivity contribution in [1.29, 1.82) is 0 Å². The van der Waals surface area contributed by atoms with Gasteiger partial charge < -0.3 is 15.7 Å². The van der Waals surface area contributed by atoms with E-state index in [0.717, 1.165) is 12.1 Å². The Balaban J connectivity index is 1.96. The van der Waals surface area contributed by atoms with E-state index in [1.54, 1.807) is 6.07 Å². The summed E-state index contributed by atoms with van der Waals surface area (Å²) in [5.74, 6) is -0.176. The zero-order valence-corrected chi connectivity index (χ0v) is 12.8. The molecule has 2 aromatic carbocycles. The van der Waals surface area contributed by atoms with Crippen LogP contribution in [0, 0.1) is 0 Å². The topological polar surface area (TPSA) is 61.4 Å². The molecule has 0 aliphatic rings. The summed E-state index contributed by atoms with van der Waals surface area (Å²) in [6.07, 6.45) is 1.04. The standard InChI is InChI=1S/C18H22N2O2/c1-2-14-6-8-15(9-7-14)13-20-17-5-3-4-16(12-17)18(22)19-10-11-21/h3-9,12,20-21H,2,10-11,13H2,1H3,(H,19,22). The van der Waals surface area contributed by atoms with Gasteiger partial charge in [-0.15, -0.1) is 0 Å². The second kappa shape index (κ2) is 8.20. The van der Waals surface area contributed by atoms with Crippen LogP contribution in [0.4, 0.5) is 5.69 Å². The molecule has 0 fully saturated rings. The molecule has 0 atom stereocenters. The molecule has 22 heavy (non-hydrogen) atoms. The summed E-state index contributed by atoms with van der Waals surface area (Å²) in [6, 6.07) is 15.8. The van der Waals surface area contributed by atoms with E-state index in [0.29, 0.717) is 12.1 Å². The molecule has 0 aliphatic carbocycles. The molecule has 0 bridgehead atoms. The Labute approximate surface area is 131 Å². The molecule has 0 radical (unpaired) electrons. The smallest absolute Gasteiger partial charge is 0.251 e. The van der Waals surface area contributed by atoms with Gasteiger partial charge in [0.05, 0.1) is 6.61 Å². The van der Waals surface area contributed by atoms with Gasteiger partial charge in [0.2, 0.25) is 0 Å². The normalized spacial score (nSPS) is 10.3. The van der Waals surface area contributed by atoms with Gasteiger partial charge in [-0.2, -0.15) is 0 Å². The molecule has 0 unspecified atom stereocenters. The summed E-state index contributed by atoms with van der Waals surface area (Å²) in [6.45, 7) is 3.06. The zero-order valence-electron chi connectivity index (χ0n) is 12.8. The van der Waals surface area contributed by atoms with E-state index < -0.39 is 0 Å². The maximum Gasteiger partial charge on any atom is 0.251 e. The fraction of sp³-hybridized carbons (Fsp3) is 0.278. The van der Waals surface area contributed by atoms with E-state index >= 15 is 0 Å². The molecule has 4 nitrogen and oxygen atoms in total. The summed E-state index contributed by atoms with van der Waals surface area (Å²) in [7, 11) is 0. The van der Waals surface area contributed by atoms with Crippen LogP contribution in [0.3, 0.4) is 0 Å². The highest BCUT2D eigenvalue weighted by molar-refractivity contribution is 5.95. The lowest BCUT2D eigenvalue weighted by molar-refractivity contribution is 0.0945. The van der Waals surface area contributed by atoms with E-state index in [2.05, 4.69) is 41.8 Å². The van der Waals surface area contributed by atoms with Gasteiger partial charge in [-0.25, -0.2) is 0 Å². The Bertz CT molecular complexity index is 609. The summed E-state index contributed by atoms with van der Waals surface area (Å²) in [4.78, 5) is 11.9. The van der Waals surface area contributed by atoms with Gasteiger partial charge >= 0.3 is 0 Å². The van der Waals surface area contributed by atoms with Crippen molar-refractivity contribution < 1.29 is 9.90 Å². The second-order valence-electron chi connectivity index (χ2n) is 5.08. The third-order valence-electron chi connectivity index (χ3n) is 3.45. The Morgan fingerprint density at radius 1 is 1.09 bits per heavy atom. The third kappa shape index (κ3) is 4.60. The lowest BCUT2D eigenvalue weighted by atomic mass is 10.1. The van der Waals surface area contributed by atoms with Crippen LogP contribution in [0.2, 0.25) is 0 Å². The summed E-state index contributed by atoms with van der Waals surface area (Å²) in [5, 5.41) is 14.7. The van der Waals surface area contributed by atoms with Crippen molar-refractivity contribution in [1.82, 2.24) is 5.32 Å². The molecular formula is C18H22N2O2.